The fourth-order valence-electron chi connectivity index (χ4n) is 1.92. The highest BCUT2D eigenvalue weighted by atomic mass is 35.5. The van der Waals surface area contributed by atoms with Gasteiger partial charge in [0.1, 0.15) is 5.54 Å². The van der Waals surface area contributed by atoms with Crippen LogP contribution in [0.4, 0.5) is 0 Å². The third kappa shape index (κ3) is 5.73. The maximum atomic E-state index is 11.4. The summed E-state index contributed by atoms with van der Waals surface area (Å²) in [7, 11) is 0. The van der Waals surface area contributed by atoms with Gasteiger partial charge in [-0.1, -0.05) is 23.7 Å². The zero-order valence-corrected chi connectivity index (χ0v) is 13.7. The van der Waals surface area contributed by atoms with Crippen LogP contribution in [0.3, 0.4) is 0 Å². The molecule has 0 saturated carbocycles. The number of benzene rings is 1. The monoisotopic (exact) mass is 315 g/mol. The maximum absolute atomic E-state index is 11.4. The van der Waals surface area contributed by atoms with E-state index in [0.717, 1.165) is 16.5 Å². The topological polar surface area (TPSA) is 49.3 Å². The summed E-state index contributed by atoms with van der Waals surface area (Å²) in [4.78, 5) is 11.4. The molecule has 0 spiro atoms. The molecule has 1 aromatic rings. The van der Waals surface area contributed by atoms with Gasteiger partial charge in [-0.05, 0) is 50.6 Å². The molecule has 0 saturated heterocycles. The Morgan fingerprint density at radius 3 is 2.50 bits per heavy atom. The standard InChI is InChI=1S/C15H22ClNO2S/c1-11(2)17-15(3,14(18)19)8-9-20-10-12-4-6-13(16)7-5-12/h4-7,11,17H,8-10H2,1-3H3,(H,18,19). The lowest BCUT2D eigenvalue weighted by molar-refractivity contribution is -0.144. The first-order valence-corrected chi connectivity index (χ1v) is 8.20. The van der Waals surface area contributed by atoms with Crippen molar-refractivity contribution in [3.8, 4) is 0 Å². The Morgan fingerprint density at radius 1 is 1.40 bits per heavy atom. The van der Waals surface area contributed by atoms with Gasteiger partial charge in [-0.2, -0.15) is 11.8 Å². The van der Waals surface area contributed by atoms with E-state index >= 15 is 0 Å². The first-order valence-electron chi connectivity index (χ1n) is 6.67. The van der Waals surface area contributed by atoms with Gasteiger partial charge in [0.2, 0.25) is 0 Å². The molecule has 112 valence electrons. The van der Waals surface area contributed by atoms with E-state index in [1.54, 1.807) is 18.7 Å². The van der Waals surface area contributed by atoms with Crippen molar-refractivity contribution in [2.24, 2.45) is 0 Å². The zero-order valence-electron chi connectivity index (χ0n) is 12.1. The Morgan fingerprint density at radius 2 is 2.00 bits per heavy atom. The average Bonchev–Trinajstić information content (AvgIpc) is 2.36. The second-order valence-electron chi connectivity index (χ2n) is 5.37. The molecule has 0 fully saturated rings. The molecule has 0 aliphatic rings. The molecule has 0 aliphatic carbocycles. The zero-order chi connectivity index (χ0) is 15.2. The van der Waals surface area contributed by atoms with Gasteiger partial charge in [0, 0.05) is 16.8 Å². The average molecular weight is 316 g/mol. The van der Waals surface area contributed by atoms with Crippen LogP contribution in [-0.2, 0) is 10.5 Å². The van der Waals surface area contributed by atoms with Crippen LogP contribution in [0.2, 0.25) is 5.02 Å². The molecule has 0 heterocycles. The van der Waals surface area contributed by atoms with Gasteiger partial charge >= 0.3 is 5.97 Å². The normalized spacial score (nSPS) is 14.2. The van der Waals surface area contributed by atoms with Crippen LogP contribution >= 0.6 is 23.4 Å². The molecule has 0 bridgehead atoms. The molecule has 0 aromatic heterocycles. The van der Waals surface area contributed by atoms with E-state index in [0.29, 0.717) is 6.42 Å². The Bertz CT molecular complexity index is 436. The van der Waals surface area contributed by atoms with Gasteiger partial charge in [-0.15, -0.1) is 0 Å². The van der Waals surface area contributed by atoms with E-state index in [-0.39, 0.29) is 6.04 Å². The first-order chi connectivity index (χ1) is 9.33. The minimum absolute atomic E-state index is 0.150. The van der Waals surface area contributed by atoms with Crippen molar-refractivity contribution < 1.29 is 9.90 Å². The molecule has 5 heteroatoms. The molecule has 1 unspecified atom stereocenters. The van der Waals surface area contributed by atoms with E-state index in [9.17, 15) is 9.90 Å². The fraction of sp³-hybridized carbons (Fsp3) is 0.533. The third-order valence-electron chi connectivity index (χ3n) is 3.01. The van der Waals surface area contributed by atoms with Crippen molar-refractivity contribution in [1.82, 2.24) is 5.32 Å². The molecular weight excluding hydrogens is 294 g/mol. The molecule has 0 radical (unpaired) electrons. The number of carboxylic acid groups (broad SMARTS) is 1. The summed E-state index contributed by atoms with van der Waals surface area (Å²) in [6, 6.07) is 7.89. The number of carbonyl (C=O) groups is 1. The van der Waals surface area contributed by atoms with Crippen molar-refractivity contribution in [3.63, 3.8) is 0 Å². The van der Waals surface area contributed by atoms with Gasteiger partial charge in [0.15, 0.2) is 0 Å². The summed E-state index contributed by atoms with van der Waals surface area (Å²) in [5.41, 5.74) is 0.342. The Hall–Kier alpha value is -0.710. The summed E-state index contributed by atoms with van der Waals surface area (Å²) < 4.78 is 0. The molecule has 2 N–H and O–H groups in total. The van der Waals surface area contributed by atoms with Gasteiger partial charge < -0.3 is 5.11 Å². The van der Waals surface area contributed by atoms with Crippen molar-refractivity contribution in [3.05, 3.63) is 34.9 Å². The molecule has 0 aliphatic heterocycles. The number of rotatable bonds is 8. The maximum Gasteiger partial charge on any atom is 0.323 e. The summed E-state index contributed by atoms with van der Waals surface area (Å²) >= 11 is 7.57. The number of carboxylic acids is 1. The van der Waals surface area contributed by atoms with Gasteiger partial charge in [0.05, 0.1) is 0 Å². The fourth-order valence-corrected chi connectivity index (χ4v) is 3.18. The minimum Gasteiger partial charge on any atom is -0.480 e. The van der Waals surface area contributed by atoms with Crippen LogP contribution < -0.4 is 5.32 Å². The molecule has 1 rings (SSSR count). The molecule has 20 heavy (non-hydrogen) atoms. The summed E-state index contributed by atoms with van der Waals surface area (Å²) in [6.45, 7) is 5.67. The van der Waals surface area contributed by atoms with Crippen LogP contribution in [0.5, 0.6) is 0 Å². The number of nitrogens with one attached hydrogen (secondary N) is 1. The van der Waals surface area contributed by atoms with Crippen LogP contribution in [0.15, 0.2) is 24.3 Å². The Balaban J connectivity index is 2.41. The summed E-state index contributed by atoms with van der Waals surface area (Å²) in [6.07, 6.45) is 0.596. The number of halogens is 1. The van der Waals surface area contributed by atoms with Crippen LogP contribution in [-0.4, -0.2) is 28.4 Å². The SMILES string of the molecule is CC(C)NC(C)(CCSCc1ccc(Cl)cc1)C(=O)O. The lowest BCUT2D eigenvalue weighted by Gasteiger charge is -2.28. The smallest absolute Gasteiger partial charge is 0.323 e. The van der Waals surface area contributed by atoms with E-state index in [2.05, 4.69) is 5.32 Å². The van der Waals surface area contributed by atoms with Crippen molar-refractivity contribution in [2.45, 2.75) is 44.5 Å². The molecule has 0 amide bonds. The molecule has 3 nitrogen and oxygen atoms in total. The predicted octanol–water partition coefficient (Wildman–Crippen LogP) is 3.80. The van der Waals surface area contributed by atoms with E-state index in [1.807, 2.05) is 38.1 Å². The van der Waals surface area contributed by atoms with E-state index in [1.165, 1.54) is 5.56 Å². The number of aliphatic carboxylic acids is 1. The summed E-state index contributed by atoms with van der Waals surface area (Å²) in [5, 5.41) is 13.2. The lowest BCUT2D eigenvalue weighted by atomic mass is 9.98. The van der Waals surface area contributed by atoms with Gasteiger partial charge in [-0.25, -0.2) is 0 Å². The van der Waals surface area contributed by atoms with Gasteiger partial charge in [-0.3, -0.25) is 10.1 Å². The van der Waals surface area contributed by atoms with E-state index in [4.69, 9.17) is 11.6 Å². The third-order valence-corrected chi connectivity index (χ3v) is 4.29. The largest absolute Gasteiger partial charge is 0.480 e. The Kier molecular flexibility index (Phi) is 6.86. The molecule has 1 aromatic carbocycles. The minimum atomic E-state index is -0.860. The Labute approximate surface area is 130 Å². The lowest BCUT2D eigenvalue weighted by Crippen LogP contribution is -2.52. The second kappa shape index (κ2) is 7.91. The first kappa shape index (κ1) is 17.3. The second-order valence-corrected chi connectivity index (χ2v) is 6.91. The highest BCUT2D eigenvalue weighted by molar-refractivity contribution is 7.98. The van der Waals surface area contributed by atoms with Crippen molar-refractivity contribution in [2.75, 3.05) is 5.75 Å². The van der Waals surface area contributed by atoms with Gasteiger partial charge in [0.25, 0.3) is 0 Å². The van der Waals surface area contributed by atoms with Crippen LogP contribution in [0.25, 0.3) is 0 Å². The molecule has 1 atom stereocenters. The van der Waals surface area contributed by atoms with E-state index < -0.39 is 11.5 Å². The number of thioether (sulfide) groups is 1. The number of hydrogen-bond donors (Lipinski definition) is 2. The van der Waals surface area contributed by atoms with Crippen molar-refractivity contribution >= 4 is 29.3 Å². The number of hydrogen-bond acceptors (Lipinski definition) is 3. The molecular formula is C15H22ClNO2S. The van der Waals surface area contributed by atoms with Crippen molar-refractivity contribution in [1.29, 1.82) is 0 Å². The summed E-state index contributed by atoms with van der Waals surface area (Å²) in [5.74, 6) is 0.873. The quantitative estimate of drug-likeness (QED) is 0.716. The highest BCUT2D eigenvalue weighted by Gasteiger charge is 2.32. The predicted molar refractivity (Wildman–Crippen MR) is 86.5 cm³/mol. The highest BCUT2D eigenvalue weighted by Crippen LogP contribution is 2.20. The van der Waals surface area contributed by atoms with Crippen LogP contribution in [0, 0.1) is 0 Å². The van der Waals surface area contributed by atoms with Crippen LogP contribution in [0.1, 0.15) is 32.8 Å².